The van der Waals surface area contributed by atoms with Gasteiger partial charge >= 0.3 is 0 Å². The molecule has 0 aliphatic carbocycles. The average molecular weight is 378 g/mol. The minimum atomic E-state index is 0.213. The molecule has 5 rings (SSSR count). The molecule has 0 spiro atoms. The number of hydrogen-bond donors (Lipinski definition) is 1. The van der Waals surface area contributed by atoms with Crippen LogP contribution in [-0.2, 0) is 0 Å². The number of aromatic nitrogens is 5. The number of nitrogens with one attached hydrogen (secondary N) is 1. The van der Waals surface area contributed by atoms with Gasteiger partial charge in [0, 0.05) is 30.5 Å². The lowest BCUT2D eigenvalue weighted by molar-refractivity contribution is 0.130. The van der Waals surface area contributed by atoms with E-state index in [-0.39, 0.29) is 6.10 Å². The van der Waals surface area contributed by atoms with Crippen LogP contribution in [-0.4, -0.2) is 50.3 Å². The zero-order chi connectivity index (χ0) is 18.9. The molecule has 0 aromatic carbocycles. The van der Waals surface area contributed by atoms with Crippen LogP contribution in [0.25, 0.3) is 17.1 Å². The highest BCUT2D eigenvalue weighted by molar-refractivity contribution is 5.58. The van der Waals surface area contributed by atoms with E-state index in [4.69, 9.17) is 9.47 Å². The van der Waals surface area contributed by atoms with Crippen molar-refractivity contribution in [2.45, 2.75) is 43.9 Å². The van der Waals surface area contributed by atoms with E-state index in [2.05, 4.69) is 25.6 Å². The Hall–Kier alpha value is -3.00. The second-order valence-electron chi connectivity index (χ2n) is 7.28. The smallest absolute Gasteiger partial charge is 0.240 e. The maximum Gasteiger partial charge on any atom is 0.240 e. The van der Waals surface area contributed by atoms with E-state index in [0.29, 0.717) is 35.2 Å². The Morgan fingerprint density at radius 2 is 1.86 bits per heavy atom. The van der Waals surface area contributed by atoms with Gasteiger partial charge < -0.3 is 14.8 Å². The molecule has 2 unspecified atom stereocenters. The summed E-state index contributed by atoms with van der Waals surface area (Å²) in [5.74, 6) is 1.05. The van der Waals surface area contributed by atoms with Crippen LogP contribution in [0.1, 0.15) is 25.7 Å². The summed E-state index contributed by atoms with van der Waals surface area (Å²) in [5.41, 5.74) is 2.12. The fraction of sp³-hybridized carbons (Fsp3) is 0.400. The third-order valence-electron chi connectivity index (χ3n) is 5.40. The summed E-state index contributed by atoms with van der Waals surface area (Å²) < 4.78 is 13.2. The van der Waals surface area contributed by atoms with Crippen molar-refractivity contribution in [3.63, 3.8) is 0 Å². The molecule has 1 N–H and O–H groups in total. The van der Waals surface area contributed by atoms with Gasteiger partial charge in [0.1, 0.15) is 17.5 Å². The third kappa shape index (κ3) is 3.31. The summed E-state index contributed by atoms with van der Waals surface area (Å²) in [6, 6.07) is 10.6. The Balaban J connectivity index is 1.33. The lowest BCUT2D eigenvalue weighted by Crippen LogP contribution is -2.42. The third-order valence-corrected chi connectivity index (χ3v) is 5.40. The Kier molecular flexibility index (Phi) is 4.40. The molecular weight excluding hydrogens is 356 g/mol. The molecule has 2 bridgehead atoms. The number of fused-ring (bicyclic) bond motifs is 2. The maximum absolute atomic E-state index is 6.07. The Morgan fingerprint density at radius 1 is 1.04 bits per heavy atom. The van der Waals surface area contributed by atoms with Crippen LogP contribution in [0.2, 0.25) is 0 Å². The summed E-state index contributed by atoms with van der Waals surface area (Å²) in [5, 5.41) is 16.4. The van der Waals surface area contributed by atoms with Crippen LogP contribution in [0.15, 0.2) is 42.7 Å². The second kappa shape index (κ2) is 7.20. The van der Waals surface area contributed by atoms with Crippen LogP contribution < -0.4 is 14.8 Å². The van der Waals surface area contributed by atoms with Crippen molar-refractivity contribution in [1.29, 1.82) is 0 Å². The first-order valence-electron chi connectivity index (χ1n) is 9.60. The fourth-order valence-corrected chi connectivity index (χ4v) is 4.10. The number of rotatable bonds is 5. The van der Waals surface area contributed by atoms with Crippen LogP contribution >= 0.6 is 0 Å². The van der Waals surface area contributed by atoms with Crippen LogP contribution in [0, 0.1) is 0 Å². The predicted molar refractivity (Wildman–Crippen MR) is 103 cm³/mol. The van der Waals surface area contributed by atoms with Gasteiger partial charge in [0.15, 0.2) is 0 Å². The van der Waals surface area contributed by atoms with Gasteiger partial charge in [-0.25, -0.2) is 9.67 Å². The first-order valence-corrected chi connectivity index (χ1v) is 9.60. The summed E-state index contributed by atoms with van der Waals surface area (Å²) in [6.07, 6.45) is 8.34. The normalized spacial score (nSPS) is 23.5. The molecule has 8 heteroatoms. The van der Waals surface area contributed by atoms with Crippen molar-refractivity contribution in [3.05, 3.63) is 42.7 Å². The Bertz CT molecular complexity index is 932. The number of ether oxygens (including phenoxy) is 2. The number of pyridine rings is 1. The maximum atomic E-state index is 6.07. The number of nitrogens with zero attached hydrogens (tertiary/aromatic N) is 5. The molecular formula is C20H22N6O2. The van der Waals surface area contributed by atoms with E-state index in [9.17, 15) is 0 Å². The van der Waals surface area contributed by atoms with Gasteiger partial charge in [-0.3, -0.25) is 0 Å². The molecule has 2 atom stereocenters. The van der Waals surface area contributed by atoms with E-state index >= 15 is 0 Å². The van der Waals surface area contributed by atoms with Crippen molar-refractivity contribution < 1.29 is 9.47 Å². The molecule has 144 valence electrons. The lowest BCUT2D eigenvalue weighted by atomic mass is 10.0. The summed E-state index contributed by atoms with van der Waals surface area (Å²) in [4.78, 5) is 4.56. The molecule has 2 saturated heterocycles. The molecule has 8 nitrogen and oxygen atoms in total. The van der Waals surface area contributed by atoms with Gasteiger partial charge in [-0.05, 0) is 49.9 Å². The molecule has 0 radical (unpaired) electrons. The largest absolute Gasteiger partial charge is 0.479 e. The SMILES string of the molecule is COc1nc(-c2ccc(OC3CC4CCC(C3)N4)nn2)ccc1-n1cccn1. The number of piperidine rings is 1. The molecule has 0 amide bonds. The highest BCUT2D eigenvalue weighted by Crippen LogP contribution is 2.29. The molecule has 0 saturated carbocycles. The monoisotopic (exact) mass is 378 g/mol. The zero-order valence-corrected chi connectivity index (χ0v) is 15.7. The molecule has 2 aliphatic rings. The van der Waals surface area contributed by atoms with E-state index in [1.807, 2.05) is 36.5 Å². The van der Waals surface area contributed by atoms with Crippen molar-refractivity contribution in [1.82, 2.24) is 30.3 Å². The van der Waals surface area contributed by atoms with Gasteiger partial charge in [0.2, 0.25) is 11.8 Å². The second-order valence-corrected chi connectivity index (χ2v) is 7.28. The minimum Gasteiger partial charge on any atom is -0.479 e. The first-order chi connectivity index (χ1) is 13.8. The van der Waals surface area contributed by atoms with E-state index in [0.717, 1.165) is 18.5 Å². The standard InChI is InChI=1S/C20H22N6O2/c1-27-20-18(26-10-2-9-21-26)7-5-16(23-20)17-6-8-19(25-24-17)28-15-11-13-3-4-14(12-15)22-13/h2,5-10,13-15,22H,3-4,11-12H2,1H3. The number of methoxy groups -OCH3 is 1. The van der Waals surface area contributed by atoms with E-state index in [1.54, 1.807) is 18.0 Å². The van der Waals surface area contributed by atoms with Crippen LogP contribution in [0.4, 0.5) is 0 Å². The predicted octanol–water partition coefficient (Wildman–Crippen LogP) is 2.39. The van der Waals surface area contributed by atoms with Gasteiger partial charge in [0.05, 0.1) is 12.8 Å². The number of hydrogen-bond acceptors (Lipinski definition) is 7. The molecule has 28 heavy (non-hydrogen) atoms. The minimum absolute atomic E-state index is 0.213. The topological polar surface area (TPSA) is 87.0 Å². The zero-order valence-electron chi connectivity index (χ0n) is 15.7. The van der Waals surface area contributed by atoms with Gasteiger partial charge in [-0.15, -0.1) is 10.2 Å². The summed E-state index contributed by atoms with van der Waals surface area (Å²) >= 11 is 0. The van der Waals surface area contributed by atoms with Gasteiger partial charge in [-0.1, -0.05) is 0 Å². The summed E-state index contributed by atoms with van der Waals surface area (Å²) in [6.45, 7) is 0. The molecule has 2 fully saturated rings. The average Bonchev–Trinajstić information content (AvgIpc) is 3.38. The lowest BCUT2D eigenvalue weighted by Gasteiger charge is -2.28. The van der Waals surface area contributed by atoms with Crippen molar-refractivity contribution in [2.24, 2.45) is 0 Å². The molecule has 5 heterocycles. The van der Waals surface area contributed by atoms with Crippen LogP contribution in [0.3, 0.4) is 0 Å². The highest BCUT2D eigenvalue weighted by atomic mass is 16.5. The van der Waals surface area contributed by atoms with Crippen molar-refractivity contribution >= 4 is 0 Å². The van der Waals surface area contributed by atoms with Crippen molar-refractivity contribution in [3.8, 4) is 28.8 Å². The Morgan fingerprint density at radius 3 is 2.54 bits per heavy atom. The fourth-order valence-electron chi connectivity index (χ4n) is 4.10. The van der Waals surface area contributed by atoms with Crippen molar-refractivity contribution in [2.75, 3.05) is 7.11 Å². The van der Waals surface area contributed by atoms with Crippen LogP contribution in [0.5, 0.6) is 11.8 Å². The summed E-state index contributed by atoms with van der Waals surface area (Å²) in [7, 11) is 1.59. The molecule has 2 aliphatic heterocycles. The Labute approximate surface area is 162 Å². The van der Waals surface area contributed by atoms with Gasteiger partial charge in [0.25, 0.3) is 0 Å². The van der Waals surface area contributed by atoms with E-state index in [1.165, 1.54) is 12.8 Å². The highest BCUT2D eigenvalue weighted by Gasteiger charge is 2.34. The van der Waals surface area contributed by atoms with Gasteiger partial charge in [-0.2, -0.15) is 5.10 Å². The van der Waals surface area contributed by atoms with E-state index < -0.39 is 0 Å². The quantitative estimate of drug-likeness (QED) is 0.729. The first kappa shape index (κ1) is 17.1. The molecule has 3 aromatic rings. The molecule has 3 aromatic heterocycles.